The summed E-state index contributed by atoms with van der Waals surface area (Å²) in [5, 5.41) is 0. The van der Waals surface area contributed by atoms with E-state index in [0.717, 1.165) is 11.3 Å². The molecule has 0 saturated heterocycles. The van der Waals surface area contributed by atoms with Crippen LogP contribution in [-0.4, -0.2) is 9.97 Å². The van der Waals surface area contributed by atoms with Crippen molar-refractivity contribution in [2.24, 2.45) is 5.73 Å². The van der Waals surface area contributed by atoms with Gasteiger partial charge >= 0.3 is 0 Å². The molecule has 0 unspecified atom stereocenters. The molecule has 0 aliphatic heterocycles. The van der Waals surface area contributed by atoms with Gasteiger partial charge in [0.2, 0.25) is 5.95 Å². The molecular weight excluding hydrogens is 128 g/mol. The van der Waals surface area contributed by atoms with Crippen molar-refractivity contribution in [3.05, 3.63) is 17.5 Å². The van der Waals surface area contributed by atoms with E-state index in [1.807, 2.05) is 6.92 Å². The molecule has 4 nitrogen and oxygen atoms in total. The molecule has 0 aliphatic carbocycles. The van der Waals surface area contributed by atoms with Crippen LogP contribution in [0, 0.1) is 6.92 Å². The Morgan fingerprint density at radius 2 is 2.30 bits per heavy atom. The predicted octanol–water partition coefficient (Wildman–Crippen LogP) is -0.174. The number of nitrogen functional groups attached to an aromatic ring is 1. The molecule has 0 amide bonds. The molecule has 1 heterocycles. The molecular formula is C6H10N4. The summed E-state index contributed by atoms with van der Waals surface area (Å²) >= 11 is 0. The van der Waals surface area contributed by atoms with E-state index in [-0.39, 0.29) is 5.95 Å². The predicted molar refractivity (Wildman–Crippen MR) is 39.1 cm³/mol. The highest BCUT2D eigenvalue weighted by molar-refractivity contribution is 5.23. The van der Waals surface area contributed by atoms with Crippen molar-refractivity contribution < 1.29 is 0 Å². The summed E-state index contributed by atoms with van der Waals surface area (Å²) in [5.74, 6) is 0.283. The normalized spacial score (nSPS) is 9.80. The van der Waals surface area contributed by atoms with Crippen LogP contribution in [0.2, 0.25) is 0 Å². The summed E-state index contributed by atoms with van der Waals surface area (Å²) in [6.45, 7) is 2.32. The second kappa shape index (κ2) is 2.62. The fourth-order valence-electron chi connectivity index (χ4n) is 0.699. The van der Waals surface area contributed by atoms with Gasteiger partial charge in [0.15, 0.2) is 0 Å². The molecule has 0 saturated carbocycles. The van der Waals surface area contributed by atoms with Crippen molar-refractivity contribution in [1.82, 2.24) is 9.97 Å². The molecule has 0 aromatic carbocycles. The smallest absolute Gasteiger partial charge is 0.220 e. The minimum atomic E-state index is 0.283. The van der Waals surface area contributed by atoms with E-state index >= 15 is 0 Å². The van der Waals surface area contributed by atoms with Crippen LogP contribution in [0.25, 0.3) is 0 Å². The fourth-order valence-corrected chi connectivity index (χ4v) is 0.699. The van der Waals surface area contributed by atoms with E-state index < -0.39 is 0 Å². The lowest BCUT2D eigenvalue weighted by molar-refractivity contribution is 0.948. The molecule has 1 rings (SSSR count). The zero-order chi connectivity index (χ0) is 7.56. The summed E-state index contributed by atoms with van der Waals surface area (Å²) in [4.78, 5) is 7.73. The maximum absolute atomic E-state index is 5.37. The van der Waals surface area contributed by atoms with Gasteiger partial charge in [-0.3, -0.25) is 0 Å². The molecule has 0 atom stereocenters. The average Bonchev–Trinajstić information content (AvgIpc) is 1.94. The van der Waals surface area contributed by atoms with Crippen LogP contribution in [0.5, 0.6) is 0 Å². The third-order valence-corrected chi connectivity index (χ3v) is 1.29. The highest BCUT2D eigenvalue weighted by Crippen LogP contribution is 2.02. The van der Waals surface area contributed by atoms with Crippen molar-refractivity contribution in [2.75, 3.05) is 5.73 Å². The molecule has 0 bridgehead atoms. The van der Waals surface area contributed by atoms with Gasteiger partial charge in [-0.15, -0.1) is 0 Å². The number of hydrogen-bond donors (Lipinski definition) is 2. The summed E-state index contributed by atoms with van der Waals surface area (Å²) < 4.78 is 0. The Bertz CT molecular complexity index is 233. The molecule has 10 heavy (non-hydrogen) atoms. The van der Waals surface area contributed by atoms with E-state index in [2.05, 4.69) is 9.97 Å². The van der Waals surface area contributed by atoms with Crippen LogP contribution < -0.4 is 11.5 Å². The zero-order valence-corrected chi connectivity index (χ0v) is 5.83. The van der Waals surface area contributed by atoms with Crippen molar-refractivity contribution in [3.63, 3.8) is 0 Å². The number of anilines is 1. The van der Waals surface area contributed by atoms with Crippen molar-refractivity contribution in [3.8, 4) is 0 Å². The highest BCUT2D eigenvalue weighted by atomic mass is 15.0. The SMILES string of the molecule is Cc1cnc(N)nc1CN. The van der Waals surface area contributed by atoms with E-state index in [4.69, 9.17) is 11.5 Å². The lowest BCUT2D eigenvalue weighted by Crippen LogP contribution is -2.05. The monoisotopic (exact) mass is 138 g/mol. The highest BCUT2D eigenvalue weighted by Gasteiger charge is 1.97. The van der Waals surface area contributed by atoms with Gasteiger partial charge in [-0.1, -0.05) is 0 Å². The van der Waals surface area contributed by atoms with Crippen molar-refractivity contribution in [2.45, 2.75) is 13.5 Å². The van der Waals surface area contributed by atoms with Gasteiger partial charge < -0.3 is 11.5 Å². The summed E-state index contributed by atoms with van der Waals surface area (Å²) in [6, 6.07) is 0. The maximum atomic E-state index is 5.37. The summed E-state index contributed by atoms with van der Waals surface area (Å²) in [5.41, 5.74) is 12.5. The molecule has 1 aromatic heterocycles. The largest absolute Gasteiger partial charge is 0.368 e. The van der Waals surface area contributed by atoms with Crippen LogP contribution in [0.15, 0.2) is 6.20 Å². The van der Waals surface area contributed by atoms with Gasteiger partial charge in [-0.05, 0) is 12.5 Å². The molecule has 0 fully saturated rings. The summed E-state index contributed by atoms with van der Waals surface area (Å²) in [7, 11) is 0. The first-order valence-corrected chi connectivity index (χ1v) is 3.02. The molecule has 54 valence electrons. The number of rotatable bonds is 1. The van der Waals surface area contributed by atoms with Gasteiger partial charge in [0.1, 0.15) is 0 Å². The van der Waals surface area contributed by atoms with Gasteiger partial charge in [-0.2, -0.15) is 0 Å². The standard InChI is InChI=1S/C6H10N4/c1-4-3-9-6(8)10-5(4)2-7/h3H,2,7H2,1H3,(H2,8,9,10). The second-order valence-corrected chi connectivity index (χ2v) is 2.06. The van der Waals surface area contributed by atoms with E-state index in [9.17, 15) is 0 Å². The first-order valence-electron chi connectivity index (χ1n) is 3.02. The topological polar surface area (TPSA) is 77.8 Å². The molecule has 0 radical (unpaired) electrons. The van der Waals surface area contributed by atoms with E-state index in [1.165, 1.54) is 0 Å². The number of hydrogen-bond acceptors (Lipinski definition) is 4. The molecule has 4 heteroatoms. The number of aryl methyl sites for hydroxylation is 1. The van der Waals surface area contributed by atoms with Crippen molar-refractivity contribution in [1.29, 1.82) is 0 Å². The number of nitrogens with two attached hydrogens (primary N) is 2. The zero-order valence-electron chi connectivity index (χ0n) is 5.83. The van der Waals surface area contributed by atoms with E-state index in [1.54, 1.807) is 6.20 Å². The molecule has 0 spiro atoms. The van der Waals surface area contributed by atoms with E-state index in [0.29, 0.717) is 6.54 Å². The maximum Gasteiger partial charge on any atom is 0.220 e. The van der Waals surface area contributed by atoms with Gasteiger partial charge in [0.05, 0.1) is 5.69 Å². The van der Waals surface area contributed by atoms with Crippen LogP contribution in [0.3, 0.4) is 0 Å². The molecule has 1 aromatic rings. The lowest BCUT2D eigenvalue weighted by Gasteiger charge is -1.99. The first kappa shape index (κ1) is 6.95. The molecule has 0 aliphatic rings. The van der Waals surface area contributed by atoms with Gasteiger partial charge in [-0.25, -0.2) is 9.97 Å². The van der Waals surface area contributed by atoms with Crippen LogP contribution >= 0.6 is 0 Å². The third-order valence-electron chi connectivity index (χ3n) is 1.29. The minimum Gasteiger partial charge on any atom is -0.368 e. The Morgan fingerprint density at radius 3 is 2.80 bits per heavy atom. The minimum absolute atomic E-state index is 0.283. The van der Waals surface area contributed by atoms with Crippen LogP contribution in [0.1, 0.15) is 11.3 Å². The Hall–Kier alpha value is -1.16. The average molecular weight is 138 g/mol. The van der Waals surface area contributed by atoms with Crippen LogP contribution in [0.4, 0.5) is 5.95 Å². The Balaban J connectivity index is 3.09. The Morgan fingerprint density at radius 1 is 1.60 bits per heavy atom. The lowest BCUT2D eigenvalue weighted by atomic mass is 10.2. The third kappa shape index (κ3) is 1.22. The molecule has 4 N–H and O–H groups in total. The van der Waals surface area contributed by atoms with Crippen molar-refractivity contribution >= 4 is 5.95 Å². The Kier molecular flexibility index (Phi) is 1.82. The first-order chi connectivity index (χ1) is 4.74. The van der Waals surface area contributed by atoms with Gasteiger partial charge in [0, 0.05) is 12.7 Å². The quantitative estimate of drug-likeness (QED) is 0.564. The van der Waals surface area contributed by atoms with Crippen LogP contribution in [-0.2, 0) is 6.54 Å². The second-order valence-electron chi connectivity index (χ2n) is 2.06. The summed E-state index contributed by atoms with van der Waals surface area (Å²) in [6.07, 6.45) is 1.67. The fraction of sp³-hybridized carbons (Fsp3) is 0.333. The number of nitrogens with zero attached hydrogens (tertiary/aromatic N) is 2. The van der Waals surface area contributed by atoms with Gasteiger partial charge in [0.25, 0.3) is 0 Å². The Labute approximate surface area is 59.3 Å². The number of aromatic nitrogens is 2.